The van der Waals surface area contributed by atoms with Gasteiger partial charge in [-0.05, 0) is 44.9 Å². The van der Waals surface area contributed by atoms with Crippen molar-refractivity contribution in [2.75, 3.05) is 6.54 Å². The molecule has 3 fully saturated rings. The Labute approximate surface area is 165 Å². The number of nitrogens with zero attached hydrogens (tertiary/aromatic N) is 3. The number of rotatable bonds is 6. The lowest BCUT2D eigenvalue weighted by atomic mass is 9.86. The number of hydrogen-bond acceptors (Lipinski definition) is 5. The van der Waals surface area contributed by atoms with Crippen LogP contribution in [0.15, 0.2) is 0 Å². The summed E-state index contributed by atoms with van der Waals surface area (Å²) in [4.78, 5) is 27.4. The Balaban J connectivity index is 1.28. The van der Waals surface area contributed by atoms with Gasteiger partial charge in [0.1, 0.15) is 5.01 Å². The maximum atomic E-state index is 12.8. The van der Waals surface area contributed by atoms with Gasteiger partial charge in [0.15, 0.2) is 0 Å². The fourth-order valence-corrected chi connectivity index (χ4v) is 5.62. The number of aromatic nitrogens is 2. The monoisotopic (exact) mass is 390 g/mol. The van der Waals surface area contributed by atoms with E-state index in [2.05, 4.69) is 20.4 Å². The van der Waals surface area contributed by atoms with Crippen LogP contribution in [-0.2, 0) is 4.79 Å². The van der Waals surface area contributed by atoms with Crippen LogP contribution in [0.1, 0.15) is 85.4 Å². The van der Waals surface area contributed by atoms with E-state index in [0.29, 0.717) is 11.4 Å². The molecule has 1 spiro atoms. The molecule has 1 unspecified atom stereocenters. The maximum absolute atomic E-state index is 12.8. The van der Waals surface area contributed by atoms with Gasteiger partial charge in [0.2, 0.25) is 10.9 Å². The first kappa shape index (κ1) is 18.8. The molecular formula is C20H30N4O2S. The van der Waals surface area contributed by atoms with Crippen molar-refractivity contribution in [1.29, 1.82) is 0 Å². The zero-order valence-electron chi connectivity index (χ0n) is 16.2. The average Bonchev–Trinajstić information content (AvgIpc) is 3.21. The Hall–Kier alpha value is -1.50. The first-order valence-corrected chi connectivity index (χ1v) is 11.3. The predicted molar refractivity (Wildman–Crippen MR) is 105 cm³/mol. The van der Waals surface area contributed by atoms with Crippen molar-refractivity contribution in [3.05, 3.63) is 10.0 Å². The molecule has 27 heavy (non-hydrogen) atoms. The third-order valence-corrected chi connectivity index (χ3v) is 7.48. The van der Waals surface area contributed by atoms with Crippen molar-refractivity contribution >= 4 is 23.2 Å². The highest BCUT2D eigenvalue weighted by Gasteiger charge is 2.59. The summed E-state index contributed by atoms with van der Waals surface area (Å²) in [6.07, 6.45) is 12.5. The highest BCUT2D eigenvalue weighted by Crippen LogP contribution is 2.50. The summed E-state index contributed by atoms with van der Waals surface area (Å²) < 4.78 is 0. The van der Waals surface area contributed by atoms with E-state index in [4.69, 9.17) is 0 Å². The number of aryl methyl sites for hydroxylation is 1. The molecule has 1 aliphatic heterocycles. The van der Waals surface area contributed by atoms with Crippen LogP contribution in [0.4, 0.5) is 0 Å². The Morgan fingerprint density at radius 2 is 1.96 bits per heavy atom. The first-order valence-electron chi connectivity index (χ1n) is 10.5. The molecule has 1 saturated heterocycles. The SMILES string of the molecule is Cc1nnc(C(=O)NC2CCN(C(=O)CCCC3CCCCC3)C23CC3)s1. The smallest absolute Gasteiger partial charge is 0.282 e. The fraction of sp³-hybridized carbons (Fsp3) is 0.800. The van der Waals surface area contributed by atoms with Gasteiger partial charge in [0, 0.05) is 13.0 Å². The molecule has 1 aromatic heterocycles. The fourth-order valence-electron chi connectivity index (χ4n) is 5.02. The van der Waals surface area contributed by atoms with Gasteiger partial charge in [-0.2, -0.15) is 0 Å². The van der Waals surface area contributed by atoms with Crippen LogP contribution in [0.2, 0.25) is 0 Å². The molecule has 6 nitrogen and oxygen atoms in total. The molecular weight excluding hydrogens is 360 g/mol. The lowest BCUT2D eigenvalue weighted by Gasteiger charge is -2.29. The average molecular weight is 391 g/mol. The number of amides is 2. The summed E-state index contributed by atoms with van der Waals surface area (Å²) in [7, 11) is 0. The van der Waals surface area contributed by atoms with Gasteiger partial charge in [-0.3, -0.25) is 9.59 Å². The summed E-state index contributed by atoms with van der Waals surface area (Å²) in [6, 6.07) is 0.0523. The predicted octanol–water partition coefficient (Wildman–Crippen LogP) is 3.46. The Morgan fingerprint density at radius 3 is 2.63 bits per heavy atom. The van der Waals surface area contributed by atoms with E-state index < -0.39 is 0 Å². The minimum Gasteiger partial charge on any atom is -0.345 e. The minimum atomic E-state index is -0.150. The van der Waals surface area contributed by atoms with Crippen molar-refractivity contribution in [1.82, 2.24) is 20.4 Å². The van der Waals surface area contributed by atoms with E-state index in [1.54, 1.807) is 0 Å². The molecule has 0 bridgehead atoms. The van der Waals surface area contributed by atoms with Crippen LogP contribution in [0.5, 0.6) is 0 Å². The molecule has 148 valence electrons. The van der Waals surface area contributed by atoms with Gasteiger partial charge >= 0.3 is 0 Å². The van der Waals surface area contributed by atoms with Crippen molar-refractivity contribution in [2.45, 2.75) is 89.1 Å². The van der Waals surface area contributed by atoms with Crippen molar-refractivity contribution in [2.24, 2.45) is 5.92 Å². The van der Waals surface area contributed by atoms with E-state index in [-0.39, 0.29) is 23.4 Å². The topological polar surface area (TPSA) is 75.2 Å². The third-order valence-electron chi connectivity index (χ3n) is 6.64. The number of likely N-dealkylation sites (tertiary alicyclic amines) is 1. The van der Waals surface area contributed by atoms with Gasteiger partial charge in [-0.25, -0.2) is 0 Å². The lowest BCUT2D eigenvalue weighted by molar-refractivity contribution is -0.133. The molecule has 7 heteroatoms. The Bertz CT molecular complexity index is 694. The van der Waals surface area contributed by atoms with E-state index in [1.165, 1.54) is 49.9 Å². The quantitative estimate of drug-likeness (QED) is 0.807. The van der Waals surface area contributed by atoms with E-state index in [0.717, 1.165) is 43.2 Å². The van der Waals surface area contributed by atoms with Gasteiger partial charge in [-0.1, -0.05) is 43.4 Å². The van der Waals surface area contributed by atoms with Gasteiger partial charge in [0.05, 0.1) is 11.6 Å². The van der Waals surface area contributed by atoms with Gasteiger partial charge in [0.25, 0.3) is 5.91 Å². The van der Waals surface area contributed by atoms with E-state index in [9.17, 15) is 9.59 Å². The minimum absolute atomic E-state index is 0.0523. The van der Waals surface area contributed by atoms with Crippen LogP contribution >= 0.6 is 11.3 Å². The summed E-state index contributed by atoms with van der Waals surface area (Å²) >= 11 is 1.32. The normalized spacial score (nSPS) is 24.3. The summed E-state index contributed by atoms with van der Waals surface area (Å²) in [5.41, 5.74) is -0.128. The largest absolute Gasteiger partial charge is 0.345 e. The summed E-state index contributed by atoms with van der Waals surface area (Å²) in [6.45, 7) is 2.61. The van der Waals surface area contributed by atoms with Crippen LogP contribution in [-0.4, -0.2) is 45.0 Å². The number of carbonyl (C=O) groups excluding carboxylic acids is 2. The van der Waals surface area contributed by atoms with Crippen molar-refractivity contribution in [3.8, 4) is 0 Å². The molecule has 4 rings (SSSR count). The standard InChI is InChI=1S/C20H30N4O2S/c1-14-22-23-19(27-14)18(26)21-16-10-13-24(20(16)11-12-20)17(25)9-5-8-15-6-3-2-4-7-15/h15-16H,2-13H2,1H3,(H,21,26). The molecule has 0 radical (unpaired) electrons. The van der Waals surface area contributed by atoms with Crippen molar-refractivity contribution < 1.29 is 9.59 Å². The molecule has 1 N–H and O–H groups in total. The highest BCUT2D eigenvalue weighted by atomic mass is 32.1. The number of hydrogen-bond donors (Lipinski definition) is 1. The van der Waals surface area contributed by atoms with Crippen molar-refractivity contribution in [3.63, 3.8) is 0 Å². The van der Waals surface area contributed by atoms with Gasteiger partial charge in [-0.15, -0.1) is 10.2 Å². The van der Waals surface area contributed by atoms with Crippen LogP contribution in [0.3, 0.4) is 0 Å². The highest BCUT2D eigenvalue weighted by molar-refractivity contribution is 7.13. The number of carbonyl (C=O) groups is 2. The first-order chi connectivity index (χ1) is 13.1. The second kappa shape index (κ2) is 7.86. The second-order valence-electron chi connectivity index (χ2n) is 8.49. The molecule has 3 aliphatic rings. The Kier molecular flexibility index (Phi) is 5.48. The van der Waals surface area contributed by atoms with Crippen LogP contribution in [0.25, 0.3) is 0 Å². The molecule has 0 aromatic carbocycles. The maximum Gasteiger partial charge on any atom is 0.282 e. The lowest BCUT2D eigenvalue weighted by Crippen LogP contribution is -2.48. The van der Waals surface area contributed by atoms with Gasteiger partial charge < -0.3 is 10.2 Å². The number of nitrogens with one attached hydrogen (secondary N) is 1. The van der Waals surface area contributed by atoms with E-state index in [1.807, 2.05) is 6.92 Å². The van der Waals surface area contributed by atoms with Crippen LogP contribution < -0.4 is 5.32 Å². The Morgan fingerprint density at radius 1 is 1.19 bits per heavy atom. The molecule has 2 heterocycles. The van der Waals surface area contributed by atoms with E-state index >= 15 is 0 Å². The summed E-state index contributed by atoms with van der Waals surface area (Å²) in [5, 5.41) is 12.2. The molecule has 2 aliphatic carbocycles. The summed E-state index contributed by atoms with van der Waals surface area (Å²) in [5.74, 6) is 0.970. The zero-order valence-corrected chi connectivity index (χ0v) is 17.0. The molecule has 1 atom stereocenters. The molecule has 2 saturated carbocycles. The molecule has 2 amide bonds. The zero-order chi connectivity index (χ0) is 18.9. The third kappa shape index (κ3) is 4.03. The molecule has 1 aromatic rings. The second-order valence-corrected chi connectivity index (χ2v) is 9.67. The van der Waals surface area contributed by atoms with Crippen LogP contribution in [0, 0.1) is 12.8 Å².